The van der Waals surface area contributed by atoms with Crippen LogP contribution in [-0.4, -0.2) is 50.3 Å². The van der Waals surface area contributed by atoms with E-state index in [1.165, 1.54) is 19.2 Å². The van der Waals surface area contributed by atoms with Gasteiger partial charge in [-0.15, -0.1) is 11.3 Å². The predicted octanol–water partition coefficient (Wildman–Crippen LogP) is 4.06. The Balaban J connectivity index is 1.85. The summed E-state index contributed by atoms with van der Waals surface area (Å²) in [7, 11) is -2.55. The fourth-order valence-electron chi connectivity index (χ4n) is 3.28. The molecule has 0 spiro atoms. The van der Waals surface area contributed by atoms with Crippen LogP contribution in [0.1, 0.15) is 15.3 Å². The van der Waals surface area contributed by atoms with Crippen molar-refractivity contribution in [2.75, 3.05) is 26.8 Å². The van der Waals surface area contributed by atoms with Crippen molar-refractivity contribution in [2.45, 2.75) is 24.9 Å². The molecular formula is C24H27FN2O4S2. The lowest BCUT2D eigenvalue weighted by atomic mass is 10.2. The standard InChI is InChI=1S/C24H27FN2O4S2/c1-19-8-11-22(32-19)17-26(16-20-6-4-3-5-7-20)24(28)18-27(14-15-31-2)33(29,30)23-12-9-21(25)10-13-23/h3-13H,14-18H2,1-2H3. The second kappa shape index (κ2) is 11.5. The van der Waals surface area contributed by atoms with E-state index in [1.54, 1.807) is 16.2 Å². The molecule has 0 aliphatic heterocycles. The first kappa shape index (κ1) is 25.0. The van der Waals surface area contributed by atoms with Crippen molar-refractivity contribution in [3.05, 3.63) is 87.9 Å². The number of aryl methyl sites for hydroxylation is 1. The van der Waals surface area contributed by atoms with Crippen molar-refractivity contribution in [1.29, 1.82) is 0 Å². The summed E-state index contributed by atoms with van der Waals surface area (Å²) in [5.41, 5.74) is 0.948. The number of ether oxygens (including phenoxy) is 1. The molecule has 0 bridgehead atoms. The molecule has 0 aliphatic rings. The molecular weight excluding hydrogens is 463 g/mol. The summed E-state index contributed by atoms with van der Waals surface area (Å²) in [6, 6.07) is 18.1. The van der Waals surface area contributed by atoms with Crippen molar-refractivity contribution in [3.8, 4) is 0 Å². The number of carbonyl (C=O) groups is 1. The van der Waals surface area contributed by atoms with Crippen LogP contribution in [0.3, 0.4) is 0 Å². The van der Waals surface area contributed by atoms with Crippen LogP contribution < -0.4 is 0 Å². The molecule has 176 valence electrons. The Labute approximate surface area is 198 Å². The third-order valence-corrected chi connectivity index (χ3v) is 7.86. The number of halogens is 1. The van der Waals surface area contributed by atoms with Crippen LogP contribution in [0.2, 0.25) is 0 Å². The normalized spacial score (nSPS) is 11.6. The number of sulfonamides is 1. The minimum atomic E-state index is -4.02. The molecule has 2 aromatic carbocycles. The van der Waals surface area contributed by atoms with E-state index in [2.05, 4.69) is 0 Å². The van der Waals surface area contributed by atoms with E-state index >= 15 is 0 Å². The first-order valence-electron chi connectivity index (χ1n) is 10.4. The molecule has 0 unspecified atom stereocenters. The fraction of sp³-hybridized carbons (Fsp3) is 0.292. The Morgan fingerprint density at radius 1 is 1.00 bits per heavy atom. The third kappa shape index (κ3) is 6.94. The lowest BCUT2D eigenvalue weighted by molar-refractivity contribution is -0.132. The van der Waals surface area contributed by atoms with E-state index < -0.39 is 15.8 Å². The molecule has 3 aromatic rings. The second-order valence-corrected chi connectivity index (χ2v) is 10.8. The first-order chi connectivity index (χ1) is 15.8. The van der Waals surface area contributed by atoms with Crippen molar-refractivity contribution in [2.24, 2.45) is 0 Å². The summed E-state index contributed by atoms with van der Waals surface area (Å²) < 4.78 is 45.9. The molecule has 9 heteroatoms. The van der Waals surface area contributed by atoms with Gasteiger partial charge in [0, 0.05) is 30.0 Å². The topological polar surface area (TPSA) is 66.9 Å². The van der Waals surface area contributed by atoms with Gasteiger partial charge in [0.15, 0.2) is 0 Å². The molecule has 0 radical (unpaired) electrons. The van der Waals surface area contributed by atoms with Crippen LogP contribution in [-0.2, 0) is 32.6 Å². The summed E-state index contributed by atoms with van der Waals surface area (Å²) in [6.45, 7) is 2.50. The molecule has 1 amide bonds. The lowest BCUT2D eigenvalue weighted by Crippen LogP contribution is -2.43. The lowest BCUT2D eigenvalue weighted by Gasteiger charge is -2.27. The minimum absolute atomic E-state index is 0.000757. The van der Waals surface area contributed by atoms with Gasteiger partial charge in [-0.2, -0.15) is 4.31 Å². The Bertz CT molecular complexity index is 1150. The zero-order valence-corrected chi connectivity index (χ0v) is 20.2. The number of amides is 1. The van der Waals surface area contributed by atoms with E-state index in [1.807, 2.05) is 49.4 Å². The largest absolute Gasteiger partial charge is 0.383 e. The summed E-state index contributed by atoms with van der Waals surface area (Å²) in [5.74, 6) is -0.861. The van der Waals surface area contributed by atoms with Crippen LogP contribution in [0, 0.1) is 12.7 Å². The summed E-state index contributed by atoms with van der Waals surface area (Å²) in [4.78, 5) is 17.1. The van der Waals surface area contributed by atoms with E-state index in [0.29, 0.717) is 13.1 Å². The van der Waals surface area contributed by atoms with E-state index in [4.69, 9.17) is 4.74 Å². The van der Waals surface area contributed by atoms with Gasteiger partial charge >= 0.3 is 0 Å². The molecule has 0 saturated carbocycles. The maximum absolute atomic E-state index is 13.4. The Morgan fingerprint density at radius 3 is 2.30 bits per heavy atom. The molecule has 0 aliphatic carbocycles. The first-order valence-corrected chi connectivity index (χ1v) is 12.7. The number of benzene rings is 2. The van der Waals surface area contributed by atoms with Gasteiger partial charge in [-0.1, -0.05) is 30.3 Å². The number of hydrogen-bond acceptors (Lipinski definition) is 5. The monoisotopic (exact) mass is 490 g/mol. The molecule has 1 aromatic heterocycles. The second-order valence-electron chi connectivity index (χ2n) is 7.53. The zero-order chi connectivity index (χ0) is 23.8. The highest BCUT2D eigenvalue weighted by Crippen LogP contribution is 2.21. The van der Waals surface area contributed by atoms with Crippen LogP contribution in [0.4, 0.5) is 4.39 Å². The Kier molecular flexibility index (Phi) is 8.74. The average molecular weight is 491 g/mol. The number of nitrogens with zero attached hydrogens (tertiary/aromatic N) is 2. The van der Waals surface area contributed by atoms with Crippen LogP contribution in [0.25, 0.3) is 0 Å². The van der Waals surface area contributed by atoms with Crippen LogP contribution in [0.15, 0.2) is 71.6 Å². The van der Waals surface area contributed by atoms with Crippen molar-refractivity contribution in [1.82, 2.24) is 9.21 Å². The van der Waals surface area contributed by atoms with Crippen LogP contribution in [0.5, 0.6) is 0 Å². The van der Waals surface area contributed by atoms with Gasteiger partial charge < -0.3 is 9.64 Å². The molecule has 3 rings (SSSR count). The molecule has 1 heterocycles. The van der Waals surface area contributed by atoms with E-state index in [-0.39, 0.29) is 30.5 Å². The number of carbonyl (C=O) groups excluding carboxylic acids is 1. The highest BCUT2D eigenvalue weighted by Gasteiger charge is 2.28. The maximum Gasteiger partial charge on any atom is 0.243 e. The average Bonchev–Trinajstić information content (AvgIpc) is 3.21. The fourth-order valence-corrected chi connectivity index (χ4v) is 5.56. The highest BCUT2D eigenvalue weighted by atomic mass is 32.2. The number of rotatable bonds is 11. The summed E-state index contributed by atoms with van der Waals surface area (Å²) >= 11 is 1.60. The molecule has 0 N–H and O–H groups in total. The van der Waals surface area contributed by atoms with Gasteiger partial charge in [-0.25, -0.2) is 12.8 Å². The zero-order valence-electron chi connectivity index (χ0n) is 18.6. The molecule has 0 fully saturated rings. The van der Waals surface area contributed by atoms with Gasteiger partial charge in [0.05, 0.1) is 24.6 Å². The van der Waals surface area contributed by atoms with Crippen molar-refractivity contribution < 1.29 is 22.3 Å². The van der Waals surface area contributed by atoms with Gasteiger partial charge in [0.25, 0.3) is 0 Å². The van der Waals surface area contributed by atoms with Crippen molar-refractivity contribution >= 4 is 27.3 Å². The SMILES string of the molecule is COCCN(CC(=O)N(Cc1ccccc1)Cc1ccc(C)s1)S(=O)(=O)c1ccc(F)cc1. The van der Waals surface area contributed by atoms with E-state index in [0.717, 1.165) is 31.8 Å². The minimum Gasteiger partial charge on any atom is -0.383 e. The number of hydrogen-bond donors (Lipinski definition) is 0. The molecule has 0 atom stereocenters. The quantitative estimate of drug-likeness (QED) is 0.407. The van der Waals surface area contributed by atoms with Gasteiger partial charge in [-0.05, 0) is 48.9 Å². The highest BCUT2D eigenvalue weighted by molar-refractivity contribution is 7.89. The summed E-state index contributed by atoms with van der Waals surface area (Å²) in [6.07, 6.45) is 0. The van der Waals surface area contributed by atoms with Gasteiger partial charge in [-0.3, -0.25) is 4.79 Å². The number of thiophene rings is 1. The van der Waals surface area contributed by atoms with Gasteiger partial charge in [0.1, 0.15) is 5.82 Å². The predicted molar refractivity (Wildman–Crippen MR) is 127 cm³/mol. The van der Waals surface area contributed by atoms with E-state index in [9.17, 15) is 17.6 Å². The molecule has 6 nitrogen and oxygen atoms in total. The molecule has 33 heavy (non-hydrogen) atoms. The smallest absolute Gasteiger partial charge is 0.243 e. The maximum atomic E-state index is 13.4. The summed E-state index contributed by atoms with van der Waals surface area (Å²) in [5, 5.41) is 0. The van der Waals surface area contributed by atoms with Gasteiger partial charge in [0.2, 0.25) is 15.9 Å². The Hall–Kier alpha value is -2.59. The number of methoxy groups -OCH3 is 1. The third-order valence-electron chi connectivity index (χ3n) is 5.02. The Morgan fingerprint density at radius 2 is 1.70 bits per heavy atom. The van der Waals surface area contributed by atoms with Crippen molar-refractivity contribution in [3.63, 3.8) is 0 Å². The van der Waals surface area contributed by atoms with Crippen LogP contribution >= 0.6 is 11.3 Å². The molecule has 0 saturated heterocycles.